The summed E-state index contributed by atoms with van der Waals surface area (Å²) in [7, 11) is 0. The molecule has 0 N–H and O–H groups in total. The topological polar surface area (TPSA) is 59.8 Å². The summed E-state index contributed by atoms with van der Waals surface area (Å²) in [5, 5.41) is 0. The van der Waals surface area contributed by atoms with Crippen LogP contribution in [0.3, 0.4) is 0 Å². The summed E-state index contributed by atoms with van der Waals surface area (Å²) in [6.45, 7) is 4.39. The summed E-state index contributed by atoms with van der Waals surface area (Å²) < 4.78 is 10.8. The molecule has 0 unspecified atom stereocenters. The number of carbonyl (C=O) groups is 2. The van der Waals surface area contributed by atoms with Crippen LogP contribution in [0.5, 0.6) is 0 Å². The molecule has 22 heavy (non-hydrogen) atoms. The van der Waals surface area contributed by atoms with Gasteiger partial charge in [-0.05, 0) is 32.4 Å². The quantitative estimate of drug-likeness (QED) is 0.451. The zero-order valence-electron chi connectivity index (χ0n) is 12.5. The lowest BCUT2D eigenvalue weighted by molar-refractivity contribution is -0.143. The van der Waals surface area contributed by atoms with Crippen molar-refractivity contribution in [3.8, 4) is 0 Å². The summed E-state index contributed by atoms with van der Waals surface area (Å²) >= 11 is 6.47. The highest BCUT2D eigenvalue weighted by molar-refractivity contribution is 8.26. The molecule has 0 bridgehead atoms. The molecule has 0 spiro atoms. The smallest absolute Gasteiger partial charge is 0.305 e. The van der Waals surface area contributed by atoms with Gasteiger partial charge < -0.3 is 9.15 Å². The number of thioether (sulfide) groups is 1. The number of hydrogen-bond acceptors (Lipinski definition) is 6. The Morgan fingerprint density at radius 2 is 2.27 bits per heavy atom. The van der Waals surface area contributed by atoms with Crippen molar-refractivity contribution < 1.29 is 18.7 Å². The van der Waals surface area contributed by atoms with Crippen molar-refractivity contribution in [1.29, 1.82) is 0 Å². The van der Waals surface area contributed by atoms with E-state index in [9.17, 15) is 9.59 Å². The third-order valence-electron chi connectivity index (χ3n) is 2.98. The molecule has 0 saturated carbocycles. The van der Waals surface area contributed by atoms with E-state index in [0.717, 1.165) is 5.76 Å². The molecule has 0 atom stereocenters. The standard InChI is InChI=1S/C15H17NO4S2/c1-3-19-13(17)5-4-8-16-14(18)12(22-15(16)21)9-11-7-6-10(2)20-11/h6-7,9H,3-5,8H2,1-2H3/b12-9-. The van der Waals surface area contributed by atoms with E-state index in [4.69, 9.17) is 21.4 Å². The van der Waals surface area contributed by atoms with Gasteiger partial charge in [-0.15, -0.1) is 0 Å². The second-order valence-corrected chi connectivity index (χ2v) is 6.37. The molecule has 1 aliphatic rings. The molecule has 0 radical (unpaired) electrons. The molecule has 1 aromatic rings. The molecule has 7 heteroatoms. The molecule has 2 rings (SSSR count). The van der Waals surface area contributed by atoms with Gasteiger partial charge in [-0.25, -0.2) is 0 Å². The largest absolute Gasteiger partial charge is 0.466 e. The summed E-state index contributed by atoms with van der Waals surface area (Å²) in [5.41, 5.74) is 0. The summed E-state index contributed by atoms with van der Waals surface area (Å²) in [5.74, 6) is 1.02. The molecule has 0 aromatic carbocycles. The van der Waals surface area contributed by atoms with Crippen LogP contribution >= 0.6 is 24.0 Å². The molecule has 1 aliphatic heterocycles. The van der Waals surface area contributed by atoms with Crippen LogP contribution in [0.25, 0.3) is 6.08 Å². The van der Waals surface area contributed by atoms with Gasteiger partial charge in [-0.3, -0.25) is 14.5 Å². The normalized spacial score (nSPS) is 16.6. The first-order valence-corrected chi connectivity index (χ1v) is 8.21. The van der Waals surface area contributed by atoms with Gasteiger partial charge in [0.25, 0.3) is 5.91 Å². The lowest BCUT2D eigenvalue weighted by Gasteiger charge is -2.13. The lowest BCUT2D eigenvalue weighted by atomic mass is 10.3. The number of aryl methyl sites for hydroxylation is 1. The number of carbonyl (C=O) groups excluding carboxylic acids is 2. The van der Waals surface area contributed by atoms with Crippen LogP contribution in [0.15, 0.2) is 21.5 Å². The van der Waals surface area contributed by atoms with Crippen molar-refractivity contribution >= 4 is 46.3 Å². The van der Waals surface area contributed by atoms with Crippen LogP contribution in [-0.4, -0.2) is 34.2 Å². The van der Waals surface area contributed by atoms with Crippen molar-refractivity contribution in [2.24, 2.45) is 0 Å². The molecule has 1 saturated heterocycles. The monoisotopic (exact) mass is 339 g/mol. The maximum atomic E-state index is 12.3. The minimum atomic E-state index is -0.255. The maximum absolute atomic E-state index is 12.3. The Hall–Kier alpha value is -1.60. The van der Waals surface area contributed by atoms with E-state index < -0.39 is 0 Å². The molecule has 5 nitrogen and oxygen atoms in total. The number of amides is 1. The summed E-state index contributed by atoms with van der Waals surface area (Å²) in [6, 6.07) is 3.65. The zero-order chi connectivity index (χ0) is 16.1. The number of hydrogen-bond donors (Lipinski definition) is 0. The predicted molar refractivity (Wildman–Crippen MR) is 89.2 cm³/mol. The van der Waals surface area contributed by atoms with E-state index in [1.807, 2.05) is 19.1 Å². The number of nitrogens with zero attached hydrogens (tertiary/aromatic N) is 1. The lowest BCUT2D eigenvalue weighted by Crippen LogP contribution is -2.29. The Labute approximate surface area is 138 Å². The third kappa shape index (κ3) is 4.20. The summed E-state index contributed by atoms with van der Waals surface area (Å²) in [4.78, 5) is 25.7. The van der Waals surface area contributed by atoms with Gasteiger partial charge in [-0.1, -0.05) is 24.0 Å². The van der Waals surface area contributed by atoms with Crippen molar-refractivity contribution in [2.45, 2.75) is 26.7 Å². The maximum Gasteiger partial charge on any atom is 0.305 e. The summed E-state index contributed by atoms with van der Waals surface area (Å²) in [6.07, 6.45) is 2.50. The van der Waals surface area contributed by atoms with E-state index in [1.165, 1.54) is 16.7 Å². The van der Waals surface area contributed by atoms with E-state index in [0.29, 0.717) is 34.6 Å². The number of rotatable bonds is 6. The van der Waals surface area contributed by atoms with Gasteiger partial charge in [0.1, 0.15) is 15.8 Å². The molecular weight excluding hydrogens is 322 g/mol. The third-order valence-corrected chi connectivity index (χ3v) is 4.35. The fourth-order valence-electron chi connectivity index (χ4n) is 1.97. The Morgan fingerprint density at radius 1 is 1.50 bits per heavy atom. The minimum absolute atomic E-state index is 0.145. The fraction of sp³-hybridized carbons (Fsp3) is 0.400. The van der Waals surface area contributed by atoms with Crippen LogP contribution < -0.4 is 0 Å². The molecular formula is C15H17NO4S2. The number of esters is 1. The van der Waals surface area contributed by atoms with Gasteiger partial charge in [0.15, 0.2) is 0 Å². The van der Waals surface area contributed by atoms with Gasteiger partial charge in [-0.2, -0.15) is 0 Å². The molecule has 1 aromatic heterocycles. The van der Waals surface area contributed by atoms with Gasteiger partial charge in [0.2, 0.25) is 0 Å². The number of furan rings is 1. The average molecular weight is 339 g/mol. The van der Waals surface area contributed by atoms with Crippen LogP contribution in [0.1, 0.15) is 31.3 Å². The fourth-order valence-corrected chi connectivity index (χ4v) is 3.26. The Balaban J connectivity index is 1.94. The first kappa shape index (κ1) is 16.8. The Bertz CT molecular complexity index is 621. The van der Waals surface area contributed by atoms with Crippen LogP contribution in [0.4, 0.5) is 0 Å². The van der Waals surface area contributed by atoms with Crippen molar-refractivity contribution in [2.75, 3.05) is 13.2 Å². The highest BCUT2D eigenvalue weighted by atomic mass is 32.2. The van der Waals surface area contributed by atoms with E-state index in [2.05, 4.69) is 0 Å². The van der Waals surface area contributed by atoms with Gasteiger partial charge in [0.05, 0.1) is 11.5 Å². The second-order valence-electron chi connectivity index (χ2n) is 4.69. The van der Waals surface area contributed by atoms with Crippen LogP contribution in [0, 0.1) is 6.92 Å². The highest BCUT2D eigenvalue weighted by Gasteiger charge is 2.31. The SMILES string of the molecule is CCOC(=O)CCCN1C(=O)/C(=C/c2ccc(C)o2)SC1=S. The van der Waals surface area contributed by atoms with Crippen molar-refractivity contribution in [1.82, 2.24) is 4.90 Å². The van der Waals surface area contributed by atoms with Gasteiger partial charge in [0, 0.05) is 19.0 Å². The van der Waals surface area contributed by atoms with Crippen LogP contribution in [-0.2, 0) is 14.3 Å². The number of thiocarbonyl (C=S) groups is 1. The zero-order valence-corrected chi connectivity index (χ0v) is 14.1. The predicted octanol–water partition coefficient (Wildman–Crippen LogP) is 3.13. The first-order chi connectivity index (χ1) is 10.5. The van der Waals surface area contributed by atoms with Crippen LogP contribution in [0.2, 0.25) is 0 Å². The first-order valence-electron chi connectivity index (χ1n) is 6.98. The molecule has 0 aliphatic carbocycles. The van der Waals surface area contributed by atoms with E-state index in [-0.39, 0.29) is 18.3 Å². The number of ether oxygens (including phenoxy) is 1. The second kappa shape index (κ2) is 7.60. The molecule has 118 valence electrons. The molecule has 2 heterocycles. The average Bonchev–Trinajstić information content (AvgIpc) is 2.97. The van der Waals surface area contributed by atoms with Crippen molar-refractivity contribution in [3.63, 3.8) is 0 Å². The Kier molecular flexibility index (Phi) is 5.79. The van der Waals surface area contributed by atoms with Gasteiger partial charge >= 0.3 is 5.97 Å². The van der Waals surface area contributed by atoms with E-state index in [1.54, 1.807) is 13.0 Å². The Morgan fingerprint density at radius 3 is 2.91 bits per heavy atom. The highest BCUT2D eigenvalue weighted by Crippen LogP contribution is 2.32. The molecule has 1 fully saturated rings. The molecule has 1 amide bonds. The van der Waals surface area contributed by atoms with Crippen molar-refractivity contribution in [3.05, 3.63) is 28.6 Å². The minimum Gasteiger partial charge on any atom is -0.466 e. The van der Waals surface area contributed by atoms with E-state index >= 15 is 0 Å².